The summed E-state index contributed by atoms with van der Waals surface area (Å²) in [6.45, 7) is 2.56. The number of rotatable bonds is 6. The molecular weight excluding hydrogens is 343 g/mol. The number of hydrogen-bond acceptors (Lipinski definition) is 5. The summed E-state index contributed by atoms with van der Waals surface area (Å²) < 4.78 is 19.0. The van der Waals surface area contributed by atoms with Crippen molar-refractivity contribution in [2.45, 2.75) is 26.3 Å². The SMILES string of the molecule is CCCCNC(=O)Cn1cnc2c(-c3ccc(F)cc3)nsc2c1=O. The van der Waals surface area contributed by atoms with Crippen molar-refractivity contribution in [1.29, 1.82) is 0 Å². The number of carbonyl (C=O) groups is 1. The Morgan fingerprint density at radius 2 is 2.08 bits per heavy atom. The van der Waals surface area contributed by atoms with Gasteiger partial charge in [-0.1, -0.05) is 13.3 Å². The van der Waals surface area contributed by atoms with Crippen molar-refractivity contribution < 1.29 is 9.18 Å². The van der Waals surface area contributed by atoms with Crippen molar-refractivity contribution in [3.05, 3.63) is 46.8 Å². The second-order valence-electron chi connectivity index (χ2n) is 5.60. The predicted molar refractivity (Wildman–Crippen MR) is 95.0 cm³/mol. The minimum Gasteiger partial charge on any atom is -0.355 e. The van der Waals surface area contributed by atoms with Crippen LogP contribution in [0.1, 0.15) is 19.8 Å². The summed E-state index contributed by atoms with van der Waals surface area (Å²) in [6.07, 6.45) is 3.24. The molecule has 2 heterocycles. The lowest BCUT2D eigenvalue weighted by molar-refractivity contribution is -0.121. The topological polar surface area (TPSA) is 76.9 Å². The van der Waals surface area contributed by atoms with Gasteiger partial charge in [0.15, 0.2) is 0 Å². The maximum Gasteiger partial charge on any atom is 0.273 e. The molecule has 3 rings (SSSR count). The van der Waals surface area contributed by atoms with Crippen LogP contribution in [0.25, 0.3) is 21.5 Å². The summed E-state index contributed by atoms with van der Waals surface area (Å²) in [6, 6.07) is 5.86. The Bertz CT molecular complexity index is 949. The van der Waals surface area contributed by atoms with Gasteiger partial charge < -0.3 is 5.32 Å². The molecule has 0 bridgehead atoms. The van der Waals surface area contributed by atoms with E-state index in [4.69, 9.17) is 0 Å². The molecule has 6 nitrogen and oxygen atoms in total. The lowest BCUT2D eigenvalue weighted by atomic mass is 10.1. The molecule has 1 N–H and O–H groups in total. The molecule has 0 aliphatic carbocycles. The molecule has 0 spiro atoms. The molecule has 1 aromatic carbocycles. The van der Waals surface area contributed by atoms with Crippen LogP contribution in [-0.2, 0) is 11.3 Å². The van der Waals surface area contributed by atoms with Crippen LogP contribution in [0.3, 0.4) is 0 Å². The van der Waals surface area contributed by atoms with Gasteiger partial charge in [0, 0.05) is 12.1 Å². The minimum absolute atomic E-state index is 0.0741. The lowest BCUT2D eigenvalue weighted by Gasteiger charge is -2.06. The average molecular weight is 360 g/mol. The molecule has 130 valence electrons. The first-order valence-corrected chi connectivity index (χ1v) is 8.75. The molecule has 0 saturated heterocycles. The average Bonchev–Trinajstić information content (AvgIpc) is 3.03. The molecule has 25 heavy (non-hydrogen) atoms. The highest BCUT2D eigenvalue weighted by Gasteiger charge is 2.15. The number of carbonyl (C=O) groups excluding carboxylic acids is 1. The summed E-state index contributed by atoms with van der Waals surface area (Å²) in [5, 5.41) is 2.77. The van der Waals surface area contributed by atoms with Crippen LogP contribution in [0.2, 0.25) is 0 Å². The highest BCUT2D eigenvalue weighted by molar-refractivity contribution is 7.13. The predicted octanol–water partition coefficient (Wildman–Crippen LogP) is 2.58. The van der Waals surface area contributed by atoms with Crippen LogP contribution in [-0.4, -0.2) is 26.4 Å². The Morgan fingerprint density at radius 3 is 2.80 bits per heavy atom. The van der Waals surface area contributed by atoms with Gasteiger partial charge in [-0.25, -0.2) is 9.37 Å². The molecule has 8 heteroatoms. The molecular formula is C17H17FN4O2S. The first kappa shape index (κ1) is 17.2. The fourth-order valence-corrected chi connectivity index (χ4v) is 3.19. The van der Waals surface area contributed by atoms with Crippen LogP contribution in [0.15, 0.2) is 35.4 Å². The van der Waals surface area contributed by atoms with E-state index in [9.17, 15) is 14.0 Å². The Morgan fingerprint density at radius 1 is 1.32 bits per heavy atom. The number of amides is 1. The van der Waals surface area contributed by atoms with Crippen molar-refractivity contribution in [2.75, 3.05) is 6.54 Å². The van der Waals surface area contributed by atoms with E-state index in [1.807, 2.05) is 6.92 Å². The quantitative estimate of drug-likeness (QED) is 0.686. The van der Waals surface area contributed by atoms with E-state index in [0.717, 1.165) is 24.4 Å². The van der Waals surface area contributed by atoms with Gasteiger partial charge in [-0.3, -0.25) is 14.2 Å². The zero-order chi connectivity index (χ0) is 17.8. The number of fused-ring (bicyclic) bond motifs is 1. The number of nitrogens with zero attached hydrogens (tertiary/aromatic N) is 3. The van der Waals surface area contributed by atoms with E-state index in [2.05, 4.69) is 14.7 Å². The minimum atomic E-state index is -0.340. The summed E-state index contributed by atoms with van der Waals surface area (Å²) in [7, 11) is 0. The molecule has 3 aromatic rings. The van der Waals surface area contributed by atoms with Gasteiger partial charge in [0.2, 0.25) is 5.91 Å². The van der Waals surface area contributed by atoms with Crippen molar-refractivity contribution in [2.24, 2.45) is 0 Å². The number of aromatic nitrogens is 3. The Hall–Kier alpha value is -2.61. The number of hydrogen-bond donors (Lipinski definition) is 1. The van der Waals surface area contributed by atoms with Crippen molar-refractivity contribution in [3.63, 3.8) is 0 Å². The van der Waals surface area contributed by atoms with Crippen LogP contribution >= 0.6 is 11.5 Å². The second kappa shape index (κ2) is 7.52. The van der Waals surface area contributed by atoms with Crippen molar-refractivity contribution in [1.82, 2.24) is 19.2 Å². The smallest absolute Gasteiger partial charge is 0.273 e. The zero-order valence-corrected chi connectivity index (χ0v) is 14.5. The van der Waals surface area contributed by atoms with Gasteiger partial charge in [-0.05, 0) is 42.2 Å². The molecule has 0 aliphatic rings. The first-order valence-electron chi connectivity index (χ1n) is 7.97. The fraction of sp³-hybridized carbons (Fsp3) is 0.294. The summed E-state index contributed by atoms with van der Waals surface area (Å²) >= 11 is 1.03. The summed E-state index contributed by atoms with van der Waals surface area (Å²) in [5.74, 6) is -0.562. The van der Waals surface area contributed by atoms with E-state index in [0.29, 0.717) is 28.0 Å². The molecule has 0 radical (unpaired) electrons. The molecule has 0 unspecified atom stereocenters. The van der Waals surface area contributed by atoms with Gasteiger partial charge in [0.1, 0.15) is 28.3 Å². The van der Waals surface area contributed by atoms with Gasteiger partial charge >= 0.3 is 0 Å². The fourth-order valence-electron chi connectivity index (χ4n) is 2.38. The summed E-state index contributed by atoms with van der Waals surface area (Å²) in [4.78, 5) is 28.7. The largest absolute Gasteiger partial charge is 0.355 e. The monoisotopic (exact) mass is 360 g/mol. The number of benzene rings is 1. The van der Waals surface area contributed by atoms with Crippen molar-refractivity contribution in [3.8, 4) is 11.3 Å². The molecule has 2 aromatic heterocycles. The summed E-state index contributed by atoms with van der Waals surface area (Å²) in [5.41, 5.74) is 1.39. The van der Waals surface area contributed by atoms with Gasteiger partial charge in [-0.15, -0.1) is 0 Å². The van der Waals surface area contributed by atoms with Gasteiger partial charge in [0.05, 0.1) is 6.33 Å². The van der Waals surface area contributed by atoms with E-state index < -0.39 is 0 Å². The van der Waals surface area contributed by atoms with Crippen LogP contribution in [0.4, 0.5) is 4.39 Å². The Kier molecular flexibility index (Phi) is 5.18. The second-order valence-corrected chi connectivity index (χ2v) is 6.37. The molecule has 0 atom stereocenters. The Labute approximate surface area is 147 Å². The standard InChI is InChI=1S/C17H17FN4O2S/c1-2-3-8-19-13(23)9-22-10-20-15-14(21-25-16(15)17(22)24)11-4-6-12(18)7-5-11/h4-7,10H,2-3,8-9H2,1H3,(H,19,23). The number of halogens is 1. The lowest BCUT2D eigenvalue weighted by Crippen LogP contribution is -2.32. The maximum absolute atomic E-state index is 13.1. The van der Waals surface area contributed by atoms with Crippen LogP contribution < -0.4 is 10.9 Å². The third-order valence-corrected chi connectivity index (χ3v) is 4.56. The molecule has 0 aliphatic heterocycles. The van der Waals surface area contributed by atoms with E-state index in [-0.39, 0.29) is 23.8 Å². The first-order chi connectivity index (χ1) is 12.1. The highest BCUT2D eigenvalue weighted by Crippen LogP contribution is 2.27. The molecule has 1 amide bonds. The van der Waals surface area contributed by atoms with Crippen molar-refractivity contribution >= 4 is 27.7 Å². The van der Waals surface area contributed by atoms with Crippen LogP contribution in [0.5, 0.6) is 0 Å². The van der Waals surface area contributed by atoms with Gasteiger partial charge in [0.25, 0.3) is 5.56 Å². The number of unbranched alkanes of at least 4 members (excludes halogenated alkanes) is 1. The normalized spacial score (nSPS) is 11.0. The molecule has 0 saturated carbocycles. The van der Waals surface area contributed by atoms with E-state index in [1.54, 1.807) is 12.1 Å². The third kappa shape index (κ3) is 3.74. The highest BCUT2D eigenvalue weighted by atomic mass is 32.1. The van der Waals surface area contributed by atoms with E-state index >= 15 is 0 Å². The van der Waals surface area contributed by atoms with Gasteiger partial charge in [-0.2, -0.15) is 4.37 Å². The maximum atomic E-state index is 13.1. The Balaban J connectivity index is 1.87. The molecule has 0 fully saturated rings. The van der Waals surface area contributed by atoms with E-state index in [1.165, 1.54) is 23.0 Å². The third-order valence-electron chi connectivity index (χ3n) is 3.73. The van der Waals surface area contributed by atoms with Crippen LogP contribution in [0, 0.1) is 5.82 Å². The number of nitrogens with one attached hydrogen (secondary N) is 1. The zero-order valence-electron chi connectivity index (χ0n) is 13.7.